The van der Waals surface area contributed by atoms with Gasteiger partial charge in [-0.3, -0.25) is 19.9 Å². The zero-order chi connectivity index (χ0) is 21.7. The molecule has 0 amide bonds. The van der Waals surface area contributed by atoms with E-state index in [4.69, 9.17) is 4.98 Å². The van der Waals surface area contributed by atoms with Crippen molar-refractivity contribution in [2.45, 2.75) is 6.92 Å². The Hall–Kier alpha value is -4.31. The van der Waals surface area contributed by atoms with E-state index in [2.05, 4.69) is 35.1 Å². The molecule has 0 bridgehead atoms. The van der Waals surface area contributed by atoms with Crippen molar-refractivity contribution in [3.63, 3.8) is 0 Å². The largest absolute Gasteiger partial charge is 0.336 e. The fourth-order valence-corrected chi connectivity index (χ4v) is 4.47. The van der Waals surface area contributed by atoms with Crippen LogP contribution < -0.4 is 0 Å². The van der Waals surface area contributed by atoms with Gasteiger partial charge in [-0.05, 0) is 31.2 Å². The molecule has 2 N–H and O–H groups in total. The third kappa shape index (κ3) is 2.96. The van der Waals surface area contributed by atoms with Crippen molar-refractivity contribution >= 4 is 39.1 Å². The standard InChI is InChI=1S/C22H14N8OS/c1-11(31)17-2-3-18(32-17)21-20-14(4-5-25-21)27-22(28-20)19-13-6-15(12-7-23-10-24-8-12)26-9-16(13)29-30-19/h2-10H,1H3,(H,27,28)(H,29,30). The molecule has 6 heterocycles. The predicted molar refractivity (Wildman–Crippen MR) is 121 cm³/mol. The molecule has 0 spiro atoms. The number of imidazole rings is 1. The van der Waals surface area contributed by atoms with E-state index < -0.39 is 0 Å². The van der Waals surface area contributed by atoms with Gasteiger partial charge in [-0.25, -0.2) is 15.0 Å². The maximum absolute atomic E-state index is 11.7. The molecular weight excluding hydrogens is 424 g/mol. The highest BCUT2D eigenvalue weighted by molar-refractivity contribution is 7.17. The van der Waals surface area contributed by atoms with Gasteiger partial charge in [0.1, 0.15) is 23.2 Å². The number of H-pyrrole nitrogens is 2. The van der Waals surface area contributed by atoms with Crippen LogP contribution in [0.1, 0.15) is 16.6 Å². The fraction of sp³-hybridized carbons (Fsp3) is 0.0455. The van der Waals surface area contributed by atoms with E-state index >= 15 is 0 Å². The average molecular weight is 438 g/mol. The zero-order valence-electron chi connectivity index (χ0n) is 16.7. The van der Waals surface area contributed by atoms with Crippen molar-refractivity contribution in [3.05, 3.63) is 60.3 Å². The number of hydrogen-bond donors (Lipinski definition) is 2. The number of aromatic nitrogens is 8. The highest BCUT2D eigenvalue weighted by Crippen LogP contribution is 2.34. The number of rotatable bonds is 4. The molecule has 0 aliphatic carbocycles. The number of nitrogens with zero attached hydrogens (tertiary/aromatic N) is 6. The monoisotopic (exact) mass is 438 g/mol. The van der Waals surface area contributed by atoms with Crippen LogP contribution in [-0.4, -0.2) is 45.9 Å². The highest BCUT2D eigenvalue weighted by atomic mass is 32.1. The molecule has 6 rings (SSSR count). The van der Waals surface area contributed by atoms with E-state index in [0.29, 0.717) is 16.4 Å². The van der Waals surface area contributed by atoms with Crippen LogP contribution in [0.15, 0.2) is 55.4 Å². The van der Waals surface area contributed by atoms with Gasteiger partial charge in [0.15, 0.2) is 11.6 Å². The number of Topliss-reactive ketones (excluding diaryl/α,β-unsaturated/α-hetero) is 1. The van der Waals surface area contributed by atoms with Crippen molar-refractivity contribution in [1.29, 1.82) is 0 Å². The van der Waals surface area contributed by atoms with Crippen LogP contribution in [-0.2, 0) is 0 Å². The van der Waals surface area contributed by atoms with Gasteiger partial charge in [-0.1, -0.05) is 0 Å². The maximum atomic E-state index is 11.7. The molecule has 0 fully saturated rings. The van der Waals surface area contributed by atoms with Gasteiger partial charge in [-0.15, -0.1) is 11.3 Å². The molecule has 10 heteroatoms. The van der Waals surface area contributed by atoms with Crippen molar-refractivity contribution < 1.29 is 4.79 Å². The molecule has 0 aliphatic heterocycles. The van der Waals surface area contributed by atoms with Gasteiger partial charge < -0.3 is 4.98 Å². The van der Waals surface area contributed by atoms with Crippen molar-refractivity contribution in [1.82, 2.24) is 40.1 Å². The number of thiophene rings is 1. The number of aromatic amines is 2. The Balaban J connectivity index is 1.49. The molecule has 9 nitrogen and oxygen atoms in total. The molecule has 0 aromatic carbocycles. The second-order valence-corrected chi connectivity index (χ2v) is 8.26. The summed E-state index contributed by atoms with van der Waals surface area (Å²) < 4.78 is 0. The van der Waals surface area contributed by atoms with Crippen LogP contribution in [0.3, 0.4) is 0 Å². The molecule has 0 radical (unpaired) electrons. The molecule has 6 aromatic heterocycles. The van der Waals surface area contributed by atoms with Crippen LogP contribution in [0.5, 0.6) is 0 Å². The lowest BCUT2D eigenvalue weighted by atomic mass is 10.1. The Morgan fingerprint density at radius 2 is 1.88 bits per heavy atom. The number of carbonyl (C=O) groups is 1. The number of carbonyl (C=O) groups excluding carboxylic acids is 1. The van der Waals surface area contributed by atoms with Crippen molar-refractivity contribution in [2.24, 2.45) is 0 Å². The van der Waals surface area contributed by atoms with Crippen molar-refractivity contribution in [3.8, 4) is 33.3 Å². The summed E-state index contributed by atoms with van der Waals surface area (Å²) in [6, 6.07) is 7.54. The van der Waals surface area contributed by atoms with Gasteiger partial charge in [0.25, 0.3) is 0 Å². The fourth-order valence-electron chi connectivity index (χ4n) is 3.57. The average Bonchev–Trinajstić information content (AvgIpc) is 3.56. The van der Waals surface area contributed by atoms with Crippen LogP contribution in [0.4, 0.5) is 0 Å². The second kappa shape index (κ2) is 7.13. The summed E-state index contributed by atoms with van der Waals surface area (Å²) in [5.41, 5.74) is 5.32. The van der Waals surface area contributed by atoms with E-state index in [9.17, 15) is 4.79 Å². The first-order chi connectivity index (χ1) is 15.7. The van der Waals surface area contributed by atoms with E-state index in [1.807, 2.05) is 24.3 Å². The molecule has 6 aromatic rings. The topological polar surface area (TPSA) is 126 Å². The van der Waals surface area contributed by atoms with Crippen LogP contribution in [0, 0.1) is 0 Å². The van der Waals surface area contributed by atoms with Gasteiger partial charge in [0, 0.05) is 29.5 Å². The van der Waals surface area contributed by atoms with Crippen LogP contribution >= 0.6 is 11.3 Å². The van der Waals surface area contributed by atoms with Gasteiger partial charge >= 0.3 is 0 Å². The third-order valence-electron chi connectivity index (χ3n) is 5.12. The van der Waals surface area contributed by atoms with Crippen LogP contribution in [0.25, 0.3) is 55.3 Å². The predicted octanol–water partition coefficient (Wildman–Crippen LogP) is 4.28. The van der Waals surface area contributed by atoms with E-state index in [1.165, 1.54) is 17.7 Å². The minimum absolute atomic E-state index is 0.0346. The van der Waals surface area contributed by atoms with E-state index in [1.54, 1.807) is 31.7 Å². The van der Waals surface area contributed by atoms with Gasteiger partial charge in [0.2, 0.25) is 0 Å². The Morgan fingerprint density at radius 3 is 2.69 bits per heavy atom. The second-order valence-electron chi connectivity index (χ2n) is 7.18. The first kappa shape index (κ1) is 18.5. The molecule has 32 heavy (non-hydrogen) atoms. The number of hydrogen-bond acceptors (Lipinski definition) is 8. The Bertz CT molecular complexity index is 1620. The Kier molecular flexibility index (Phi) is 4.12. The molecular formula is C22H14N8OS. The summed E-state index contributed by atoms with van der Waals surface area (Å²) in [7, 11) is 0. The minimum atomic E-state index is 0.0346. The molecule has 0 saturated carbocycles. The third-order valence-corrected chi connectivity index (χ3v) is 6.31. The SMILES string of the molecule is CC(=O)c1ccc(-c2nccc3[nH]c(-c4n[nH]c5cnc(-c6cncnc6)cc45)nc23)s1. The summed E-state index contributed by atoms with van der Waals surface area (Å²) in [6.45, 7) is 1.56. The summed E-state index contributed by atoms with van der Waals surface area (Å²) in [6.07, 6.45) is 8.39. The summed E-state index contributed by atoms with van der Waals surface area (Å²) in [5.74, 6) is 0.651. The first-order valence-corrected chi connectivity index (χ1v) is 10.5. The quantitative estimate of drug-likeness (QED) is 0.393. The summed E-state index contributed by atoms with van der Waals surface area (Å²) in [5, 5.41) is 8.37. The highest BCUT2D eigenvalue weighted by Gasteiger charge is 2.18. The van der Waals surface area contributed by atoms with Gasteiger partial charge in [-0.2, -0.15) is 5.10 Å². The molecule has 0 atom stereocenters. The smallest absolute Gasteiger partial charge is 0.169 e. The lowest BCUT2D eigenvalue weighted by molar-refractivity contribution is 0.102. The molecule has 0 saturated heterocycles. The van der Waals surface area contributed by atoms with E-state index in [0.717, 1.165) is 43.8 Å². The molecule has 0 unspecified atom stereocenters. The Morgan fingerprint density at radius 1 is 1.00 bits per heavy atom. The number of nitrogens with one attached hydrogen (secondary N) is 2. The zero-order valence-corrected chi connectivity index (χ0v) is 17.5. The summed E-state index contributed by atoms with van der Waals surface area (Å²) >= 11 is 1.41. The molecule has 0 aliphatic rings. The number of ketones is 1. The normalized spacial score (nSPS) is 11.4. The number of fused-ring (bicyclic) bond motifs is 2. The number of pyridine rings is 2. The maximum Gasteiger partial charge on any atom is 0.169 e. The lowest BCUT2D eigenvalue weighted by Gasteiger charge is -2.00. The van der Waals surface area contributed by atoms with E-state index in [-0.39, 0.29) is 5.78 Å². The minimum Gasteiger partial charge on any atom is -0.336 e. The van der Waals surface area contributed by atoms with Crippen molar-refractivity contribution in [2.75, 3.05) is 0 Å². The first-order valence-electron chi connectivity index (χ1n) is 9.73. The Labute approximate surface area is 184 Å². The van der Waals surface area contributed by atoms with Gasteiger partial charge in [0.05, 0.1) is 32.7 Å². The van der Waals surface area contributed by atoms with Crippen LogP contribution in [0.2, 0.25) is 0 Å². The summed E-state index contributed by atoms with van der Waals surface area (Å²) in [4.78, 5) is 38.6. The lowest BCUT2D eigenvalue weighted by Crippen LogP contribution is -1.87. The molecule has 154 valence electrons.